The SMILES string of the molecule is Nc1ccnc(OC2CCOC2)n1. The molecule has 0 spiro atoms. The van der Waals surface area contributed by atoms with Gasteiger partial charge in [-0.05, 0) is 6.07 Å². The maximum Gasteiger partial charge on any atom is 0.318 e. The van der Waals surface area contributed by atoms with E-state index in [1.807, 2.05) is 0 Å². The van der Waals surface area contributed by atoms with Crippen molar-refractivity contribution in [2.75, 3.05) is 18.9 Å². The van der Waals surface area contributed by atoms with Gasteiger partial charge in [0.25, 0.3) is 0 Å². The van der Waals surface area contributed by atoms with Crippen molar-refractivity contribution in [2.45, 2.75) is 12.5 Å². The lowest BCUT2D eigenvalue weighted by Crippen LogP contribution is -2.17. The van der Waals surface area contributed by atoms with Crippen LogP contribution in [0.3, 0.4) is 0 Å². The summed E-state index contributed by atoms with van der Waals surface area (Å²) in [4.78, 5) is 7.86. The first-order chi connectivity index (χ1) is 6.34. The average molecular weight is 181 g/mol. The number of nitrogens with two attached hydrogens (primary N) is 1. The zero-order valence-electron chi connectivity index (χ0n) is 7.14. The summed E-state index contributed by atoms with van der Waals surface area (Å²) in [6.07, 6.45) is 2.54. The standard InChI is InChI=1S/C8H11N3O2/c9-7-1-3-10-8(11-7)13-6-2-4-12-5-6/h1,3,6H,2,4-5H2,(H2,9,10,11). The zero-order chi connectivity index (χ0) is 9.10. The fourth-order valence-corrected chi connectivity index (χ4v) is 1.17. The van der Waals surface area contributed by atoms with Gasteiger partial charge in [0.1, 0.15) is 11.9 Å². The van der Waals surface area contributed by atoms with Crippen molar-refractivity contribution >= 4 is 5.82 Å². The first-order valence-corrected chi connectivity index (χ1v) is 4.17. The summed E-state index contributed by atoms with van der Waals surface area (Å²) < 4.78 is 10.6. The molecule has 2 heterocycles. The Kier molecular flexibility index (Phi) is 2.27. The summed E-state index contributed by atoms with van der Waals surface area (Å²) in [6, 6.07) is 1.95. The third-order valence-electron chi connectivity index (χ3n) is 1.81. The second kappa shape index (κ2) is 3.57. The van der Waals surface area contributed by atoms with Gasteiger partial charge in [-0.3, -0.25) is 0 Å². The number of nitrogen functional groups attached to an aromatic ring is 1. The molecule has 1 aliphatic heterocycles. The van der Waals surface area contributed by atoms with E-state index in [-0.39, 0.29) is 6.10 Å². The van der Waals surface area contributed by atoms with Gasteiger partial charge in [-0.25, -0.2) is 4.98 Å². The lowest BCUT2D eigenvalue weighted by atomic mass is 10.3. The molecule has 0 saturated carbocycles. The molecule has 5 heteroatoms. The number of hydrogen-bond donors (Lipinski definition) is 1. The third kappa shape index (κ3) is 2.06. The molecule has 1 aliphatic rings. The minimum Gasteiger partial charge on any atom is -0.458 e. The average Bonchev–Trinajstić information content (AvgIpc) is 2.57. The van der Waals surface area contributed by atoms with Crippen molar-refractivity contribution in [3.8, 4) is 6.01 Å². The molecule has 1 aromatic heterocycles. The lowest BCUT2D eigenvalue weighted by molar-refractivity contribution is 0.134. The van der Waals surface area contributed by atoms with Crippen LogP contribution in [0, 0.1) is 0 Å². The van der Waals surface area contributed by atoms with Crippen molar-refractivity contribution in [1.29, 1.82) is 0 Å². The summed E-state index contributed by atoms with van der Waals surface area (Å²) in [7, 11) is 0. The van der Waals surface area contributed by atoms with Gasteiger partial charge >= 0.3 is 6.01 Å². The Morgan fingerprint density at radius 3 is 3.23 bits per heavy atom. The van der Waals surface area contributed by atoms with Gasteiger partial charge in [0, 0.05) is 12.6 Å². The van der Waals surface area contributed by atoms with Crippen molar-refractivity contribution in [2.24, 2.45) is 0 Å². The highest BCUT2D eigenvalue weighted by molar-refractivity contribution is 5.26. The summed E-state index contributed by atoms with van der Waals surface area (Å²) in [5, 5.41) is 0. The number of hydrogen-bond acceptors (Lipinski definition) is 5. The monoisotopic (exact) mass is 181 g/mol. The highest BCUT2D eigenvalue weighted by Gasteiger charge is 2.18. The minimum atomic E-state index is 0.0711. The van der Waals surface area contributed by atoms with Crippen LogP contribution in [-0.2, 0) is 4.74 Å². The van der Waals surface area contributed by atoms with Gasteiger partial charge in [0.2, 0.25) is 0 Å². The molecule has 13 heavy (non-hydrogen) atoms. The summed E-state index contributed by atoms with van der Waals surface area (Å²) in [5.74, 6) is 0.420. The van der Waals surface area contributed by atoms with Crippen LogP contribution in [0.15, 0.2) is 12.3 Å². The predicted octanol–water partition coefficient (Wildman–Crippen LogP) is 0.226. The van der Waals surface area contributed by atoms with Crippen LogP contribution in [0.5, 0.6) is 6.01 Å². The van der Waals surface area contributed by atoms with Crippen LogP contribution in [0.2, 0.25) is 0 Å². The Morgan fingerprint density at radius 2 is 2.54 bits per heavy atom. The Bertz CT molecular complexity index is 286. The fourth-order valence-electron chi connectivity index (χ4n) is 1.17. The van der Waals surface area contributed by atoms with E-state index >= 15 is 0 Å². The predicted molar refractivity (Wildman–Crippen MR) is 46.3 cm³/mol. The van der Waals surface area contributed by atoms with E-state index in [9.17, 15) is 0 Å². The van der Waals surface area contributed by atoms with E-state index in [0.717, 1.165) is 13.0 Å². The van der Waals surface area contributed by atoms with Gasteiger partial charge in [0.05, 0.1) is 13.2 Å². The summed E-state index contributed by atoms with van der Waals surface area (Å²) in [6.45, 7) is 1.35. The first kappa shape index (κ1) is 8.25. The van der Waals surface area contributed by atoms with Crippen molar-refractivity contribution in [1.82, 2.24) is 9.97 Å². The van der Waals surface area contributed by atoms with Gasteiger partial charge < -0.3 is 15.2 Å². The van der Waals surface area contributed by atoms with E-state index in [1.165, 1.54) is 0 Å². The number of rotatable bonds is 2. The molecular formula is C8H11N3O2. The molecule has 0 amide bonds. The second-order valence-electron chi connectivity index (χ2n) is 2.87. The highest BCUT2D eigenvalue weighted by Crippen LogP contribution is 2.12. The van der Waals surface area contributed by atoms with Crippen molar-refractivity contribution < 1.29 is 9.47 Å². The van der Waals surface area contributed by atoms with Gasteiger partial charge in [-0.1, -0.05) is 0 Å². The number of aromatic nitrogens is 2. The molecule has 0 bridgehead atoms. The quantitative estimate of drug-likeness (QED) is 0.707. The normalized spacial score (nSPS) is 21.7. The maximum absolute atomic E-state index is 5.47. The van der Waals surface area contributed by atoms with E-state index < -0.39 is 0 Å². The number of nitrogens with zero attached hydrogens (tertiary/aromatic N) is 2. The molecule has 0 aromatic carbocycles. The Balaban J connectivity index is 2.00. The van der Waals surface area contributed by atoms with Crippen LogP contribution in [0.1, 0.15) is 6.42 Å². The van der Waals surface area contributed by atoms with E-state index in [0.29, 0.717) is 18.4 Å². The first-order valence-electron chi connectivity index (χ1n) is 4.17. The van der Waals surface area contributed by atoms with Gasteiger partial charge in [-0.15, -0.1) is 0 Å². The van der Waals surface area contributed by atoms with Crippen molar-refractivity contribution in [3.63, 3.8) is 0 Å². The molecule has 1 fully saturated rings. The molecule has 70 valence electrons. The minimum absolute atomic E-state index is 0.0711. The molecule has 0 radical (unpaired) electrons. The van der Waals surface area contributed by atoms with E-state index in [1.54, 1.807) is 12.3 Å². The highest BCUT2D eigenvalue weighted by atomic mass is 16.6. The van der Waals surface area contributed by atoms with Crippen LogP contribution < -0.4 is 10.5 Å². The fraction of sp³-hybridized carbons (Fsp3) is 0.500. The Morgan fingerprint density at radius 1 is 1.62 bits per heavy atom. The maximum atomic E-state index is 5.47. The third-order valence-corrected chi connectivity index (χ3v) is 1.81. The molecule has 2 N–H and O–H groups in total. The van der Waals surface area contributed by atoms with Crippen LogP contribution in [0.4, 0.5) is 5.82 Å². The molecule has 1 atom stereocenters. The smallest absolute Gasteiger partial charge is 0.318 e. The molecule has 1 aromatic rings. The van der Waals surface area contributed by atoms with Gasteiger partial charge in [-0.2, -0.15) is 4.98 Å². The zero-order valence-corrected chi connectivity index (χ0v) is 7.14. The molecule has 0 aliphatic carbocycles. The molecule has 1 saturated heterocycles. The van der Waals surface area contributed by atoms with Gasteiger partial charge in [0.15, 0.2) is 0 Å². The number of ether oxygens (including phenoxy) is 2. The van der Waals surface area contributed by atoms with E-state index in [4.69, 9.17) is 15.2 Å². The number of anilines is 1. The van der Waals surface area contributed by atoms with E-state index in [2.05, 4.69) is 9.97 Å². The topological polar surface area (TPSA) is 70.3 Å². The Hall–Kier alpha value is -1.36. The Labute approximate surface area is 75.9 Å². The van der Waals surface area contributed by atoms with Crippen LogP contribution in [-0.4, -0.2) is 29.3 Å². The largest absolute Gasteiger partial charge is 0.458 e. The lowest BCUT2D eigenvalue weighted by Gasteiger charge is -2.08. The van der Waals surface area contributed by atoms with Crippen LogP contribution in [0.25, 0.3) is 0 Å². The molecule has 2 rings (SSSR count). The molecule has 1 unspecified atom stereocenters. The molecular weight excluding hydrogens is 170 g/mol. The molecule has 5 nitrogen and oxygen atoms in total. The second-order valence-corrected chi connectivity index (χ2v) is 2.87. The summed E-state index contributed by atoms with van der Waals surface area (Å²) >= 11 is 0. The van der Waals surface area contributed by atoms with Crippen LogP contribution >= 0.6 is 0 Å². The summed E-state index contributed by atoms with van der Waals surface area (Å²) in [5.41, 5.74) is 5.47. The van der Waals surface area contributed by atoms with Crippen molar-refractivity contribution in [3.05, 3.63) is 12.3 Å².